The predicted molar refractivity (Wildman–Crippen MR) is 43.3 cm³/mol. The van der Waals surface area contributed by atoms with Crippen molar-refractivity contribution in [3.63, 3.8) is 0 Å². The highest BCUT2D eigenvalue weighted by Gasteiger charge is 2.22. The normalized spacial score (nSPS) is 23.6. The topological polar surface area (TPSA) is 34.4 Å². The van der Waals surface area contributed by atoms with Gasteiger partial charge in [0.1, 0.15) is 0 Å². The van der Waals surface area contributed by atoms with Crippen LogP contribution in [0.1, 0.15) is 19.8 Å². The monoisotopic (exact) mass is 155 g/mol. The van der Waals surface area contributed by atoms with E-state index in [0.29, 0.717) is 12.5 Å². The van der Waals surface area contributed by atoms with E-state index in [9.17, 15) is 4.79 Å². The molecule has 1 aliphatic heterocycles. The van der Waals surface area contributed by atoms with Gasteiger partial charge in [0, 0.05) is 32.6 Å². The molecule has 1 radical (unpaired) electrons. The summed E-state index contributed by atoms with van der Waals surface area (Å²) >= 11 is 0. The molecule has 0 bridgehead atoms. The van der Waals surface area contributed by atoms with E-state index >= 15 is 0 Å². The van der Waals surface area contributed by atoms with E-state index in [-0.39, 0.29) is 5.91 Å². The highest BCUT2D eigenvalue weighted by Crippen LogP contribution is 2.07. The van der Waals surface area contributed by atoms with Crippen molar-refractivity contribution in [1.29, 1.82) is 0 Å². The van der Waals surface area contributed by atoms with E-state index in [0.717, 1.165) is 19.5 Å². The SMILES string of the molecule is CCC(=O)N(C)C1CC[N]C1. The third-order valence-electron chi connectivity index (χ3n) is 2.20. The van der Waals surface area contributed by atoms with E-state index in [2.05, 4.69) is 5.32 Å². The molecule has 0 aromatic carbocycles. The molecule has 1 saturated heterocycles. The van der Waals surface area contributed by atoms with Gasteiger partial charge in [0.2, 0.25) is 5.91 Å². The Kier molecular flexibility index (Phi) is 2.88. The molecule has 1 rings (SSSR count). The molecule has 3 nitrogen and oxygen atoms in total. The molecule has 11 heavy (non-hydrogen) atoms. The number of carbonyl (C=O) groups excluding carboxylic acids is 1. The maximum atomic E-state index is 11.2. The van der Waals surface area contributed by atoms with Gasteiger partial charge >= 0.3 is 0 Å². The van der Waals surface area contributed by atoms with Gasteiger partial charge in [-0.05, 0) is 6.42 Å². The molecule has 0 aromatic rings. The molecular weight excluding hydrogens is 140 g/mol. The maximum Gasteiger partial charge on any atom is 0.222 e. The van der Waals surface area contributed by atoms with Crippen LogP contribution in [0.15, 0.2) is 0 Å². The summed E-state index contributed by atoms with van der Waals surface area (Å²) < 4.78 is 0. The molecule has 0 saturated carbocycles. The van der Waals surface area contributed by atoms with Gasteiger partial charge in [0.05, 0.1) is 0 Å². The highest BCUT2D eigenvalue weighted by atomic mass is 16.2. The molecule has 1 fully saturated rings. The van der Waals surface area contributed by atoms with E-state index in [1.807, 2.05) is 18.9 Å². The van der Waals surface area contributed by atoms with E-state index in [4.69, 9.17) is 0 Å². The molecule has 63 valence electrons. The van der Waals surface area contributed by atoms with Crippen molar-refractivity contribution in [2.24, 2.45) is 0 Å². The average Bonchev–Trinajstić information content (AvgIpc) is 2.53. The van der Waals surface area contributed by atoms with Crippen molar-refractivity contribution in [2.45, 2.75) is 25.8 Å². The molecule has 1 aliphatic rings. The number of carbonyl (C=O) groups is 1. The Balaban J connectivity index is 2.39. The molecule has 0 N–H and O–H groups in total. The van der Waals surface area contributed by atoms with Crippen LogP contribution in [0.4, 0.5) is 0 Å². The van der Waals surface area contributed by atoms with Crippen LogP contribution in [0.2, 0.25) is 0 Å². The summed E-state index contributed by atoms with van der Waals surface area (Å²) in [6, 6.07) is 0.377. The van der Waals surface area contributed by atoms with E-state index in [1.165, 1.54) is 0 Å². The Morgan fingerprint density at radius 3 is 2.91 bits per heavy atom. The van der Waals surface area contributed by atoms with Gasteiger partial charge < -0.3 is 4.90 Å². The molecule has 0 aliphatic carbocycles. The minimum atomic E-state index is 0.229. The van der Waals surface area contributed by atoms with Crippen molar-refractivity contribution in [1.82, 2.24) is 10.2 Å². The van der Waals surface area contributed by atoms with E-state index in [1.54, 1.807) is 0 Å². The summed E-state index contributed by atoms with van der Waals surface area (Å²) in [6.07, 6.45) is 1.65. The van der Waals surface area contributed by atoms with Gasteiger partial charge in [-0.25, -0.2) is 5.32 Å². The van der Waals surface area contributed by atoms with Gasteiger partial charge in [-0.2, -0.15) is 0 Å². The third-order valence-corrected chi connectivity index (χ3v) is 2.20. The molecular formula is C8H15N2O. The molecule has 1 atom stereocenters. The number of amides is 1. The van der Waals surface area contributed by atoms with Gasteiger partial charge in [-0.15, -0.1) is 0 Å². The molecule has 0 spiro atoms. The zero-order valence-corrected chi connectivity index (χ0v) is 7.21. The van der Waals surface area contributed by atoms with Crippen molar-refractivity contribution in [3.05, 3.63) is 0 Å². The van der Waals surface area contributed by atoms with Gasteiger partial charge in [0.25, 0.3) is 0 Å². The first-order chi connectivity index (χ1) is 5.25. The number of nitrogens with zero attached hydrogens (tertiary/aromatic N) is 2. The maximum absolute atomic E-state index is 11.2. The number of hydrogen-bond acceptors (Lipinski definition) is 1. The fraction of sp³-hybridized carbons (Fsp3) is 0.875. The minimum absolute atomic E-state index is 0.229. The Morgan fingerprint density at radius 1 is 1.73 bits per heavy atom. The summed E-state index contributed by atoms with van der Waals surface area (Å²) in [7, 11) is 1.87. The third kappa shape index (κ3) is 1.93. The lowest BCUT2D eigenvalue weighted by Gasteiger charge is -2.22. The smallest absolute Gasteiger partial charge is 0.222 e. The molecule has 3 heteroatoms. The Bertz CT molecular complexity index is 141. The predicted octanol–water partition coefficient (Wildman–Crippen LogP) is 0.232. The highest BCUT2D eigenvalue weighted by molar-refractivity contribution is 5.75. The van der Waals surface area contributed by atoms with Gasteiger partial charge in [-0.1, -0.05) is 6.92 Å². The van der Waals surface area contributed by atoms with Crippen LogP contribution in [0, 0.1) is 0 Å². The van der Waals surface area contributed by atoms with Crippen LogP contribution in [0.25, 0.3) is 0 Å². The van der Waals surface area contributed by atoms with Crippen LogP contribution in [-0.2, 0) is 4.79 Å². The lowest BCUT2D eigenvalue weighted by Crippen LogP contribution is -2.37. The van der Waals surface area contributed by atoms with Crippen LogP contribution in [-0.4, -0.2) is 37.0 Å². The largest absolute Gasteiger partial charge is 0.341 e. The summed E-state index contributed by atoms with van der Waals surface area (Å²) in [4.78, 5) is 13.0. The molecule has 1 unspecified atom stereocenters. The first-order valence-corrected chi connectivity index (χ1v) is 4.14. The number of rotatable bonds is 2. The summed E-state index contributed by atoms with van der Waals surface area (Å²) in [5.74, 6) is 0.229. The second-order valence-electron chi connectivity index (χ2n) is 2.93. The van der Waals surface area contributed by atoms with Crippen LogP contribution in [0.3, 0.4) is 0 Å². The fourth-order valence-corrected chi connectivity index (χ4v) is 1.34. The summed E-state index contributed by atoms with van der Waals surface area (Å²) in [5, 5.41) is 4.21. The lowest BCUT2D eigenvalue weighted by molar-refractivity contribution is -0.131. The van der Waals surface area contributed by atoms with Crippen molar-refractivity contribution >= 4 is 5.91 Å². The Hall–Kier alpha value is -0.570. The standard InChI is InChI=1S/C8H15N2O/c1-3-8(11)10(2)7-4-5-9-6-7/h7H,3-6H2,1-2H3. The van der Waals surface area contributed by atoms with Crippen molar-refractivity contribution in [2.75, 3.05) is 20.1 Å². The van der Waals surface area contributed by atoms with Crippen molar-refractivity contribution in [3.8, 4) is 0 Å². The fourth-order valence-electron chi connectivity index (χ4n) is 1.34. The Labute approximate surface area is 67.8 Å². The van der Waals surface area contributed by atoms with Crippen LogP contribution < -0.4 is 5.32 Å². The molecule has 0 aromatic heterocycles. The zero-order chi connectivity index (χ0) is 8.27. The first-order valence-electron chi connectivity index (χ1n) is 4.14. The average molecular weight is 155 g/mol. The molecule has 1 amide bonds. The number of likely N-dealkylation sites (N-methyl/N-ethyl adjacent to an activating group) is 1. The first kappa shape index (κ1) is 8.53. The summed E-state index contributed by atoms with van der Waals surface area (Å²) in [6.45, 7) is 3.65. The second-order valence-corrected chi connectivity index (χ2v) is 2.93. The summed E-state index contributed by atoms with van der Waals surface area (Å²) in [5.41, 5.74) is 0. The van der Waals surface area contributed by atoms with E-state index < -0.39 is 0 Å². The minimum Gasteiger partial charge on any atom is -0.341 e. The van der Waals surface area contributed by atoms with Gasteiger partial charge in [0.15, 0.2) is 0 Å². The van der Waals surface area contributed by atoms with Gasteiger partial charge in [-0.3, -0.25) is 4.79 Å². The van der Waals surface area contributed by atoms with Crippen molar-refractivity contribution < 1.29 is 4.79 Å². The molecule has 1 heterocycles. The lowest BCUT2D eigenvalue weighted by atomic mass is 10.2. The Morgan fingerprint density at radius 2 is 2.45 bits per heavy atom. The van der Waals surface area contributed by atoms with Crippen LogP contribution in [0.5, 0.6) is 0 Å². The second kappa shape index (κ2) is 3.72. The number of hydrogen-bond donors (Lipinski definition) is 0. The zero-order valence-electron chi connectivity index (χ0n) is 7.21. The quantitative estimate of drug-likeness (QED) is 0.562. The van der Waals surface area contributed by atoms with Crippen LogP contribution >= 0.6 is 0 Å².